The molecular weight excluding hydrogens is 343 g/mol. The molecule has 0 aliphatic carbocycles. The van der Waals surface area contributed by atoms with Crippen LogP contribution >= 0.6 is 0 Å². The van der Waals surface area contributed by atoms with Crippen LogP contribution in [0.3, 0.4) is 0 Å². The fraction of sp³-hybridized carbons (Fsp3) is 0.350. The lowest BCUT2D eigenvalue weighted by molar-refractivity contribution is -0.137. The normalized spacial score (nSPS) is 18.0. The predicted octanol–water partition coefficient (Wildman–Crippen LogP) is 4.62. The Labute approximate surface area is 150 Å². The maximum Gasteiger partial charge on any atom is 0.416 e. The van der Waals surface area contributed by atoms with Gasteiger partial charge in [-0.25, -0.2) is 0 Å². The summed E-state index contributed by atoms with van der Waals surface area (Å²) >= 11 is 0. The summed E-state index contributed by atoms with van der Waals surface area (Å²) in [5, 5.41) is 0. The predicted molar refractivity (Wildman–Crippen MR) is 92.8 cm³/mol. The van der Waals surface area contributed by atoms with E-state index in [1.807, 2.05) is 0 Å². The van der Waals surface area contributed by atoms with Gasteiger partial charge in [0.15, 0.2) is 0 Å². The van der Waals surface area contributed by atoms with E-state index in [2.05, 4.69) is 0 Å². The van der Waals surface area contributed by atoms with Crippen LogP contribution in [-0.4, -0.2) is 37.1 Å². The number of alkyl halides is 3. The fourth-order valence-corrected chi connectivity index (χ4v) is 3.20. The zero-order valence-corrected chi connectivity index (χ0v) is 14.4. The average Bonchev–Trinajstić information content (AvgIpc) is 2.67. The summed E-state index contributed by atoms with van der Waals surface area (Å²) in [5.74, 6) is -0.124. The molecule has 2 aromatic carbocycles. The highest BCUT2D eigenvalue weighted by atomic mass is 19.4. The van der Waals surface area contributed by atoms with Gasteiger partial charge in [-0.2, -0.15) is 13.2 Å². The highest BCUT2D eigenvalue weighted by molar-refractivity contribution is 5.95. The Morgan fingerprint density at radius 3 is 2.50 bits per heavy atom. The van der Waals surface area contributed by atoms with Crippen LogP contribution in [0.1, 0.15) is 28.8 Å². The fourth-order valence-electron chi connectivity index (χ4n) is 3.20. The number of likely N-dealkylation sites (tertiary alicyclic amines) is 1. The van der Waals surface area contributed by atoms with Crippen molar-refractivity contribution in [2.24, 2.45) is 0 Å². The summed E-state index contributed by atoms with van der Waals surface area (Å²) in [6.07, 6.45) is -2.58. The topological polar surface area (TPSA) is 29.5 Å². The minimum atomic E-state index is -4.40. The Bertz CT molecular complexity index is 789. The number of hydrogen-bond donors (Lipinski definition) is 0. The van der Waals surface area contributed by atoms with Gasteiger partial charge in [-0.15, -0.1) is 0 Å². The van der Waals surface area contributed by atoms with Crippen LogP contribution in [0.4, 0.5) is 13.2 Å². The minimum absolute atomic E-state index is 0.0272. The number of rotatable bonds is 3. The molecule has 3 rings (SSSR count). The molecule has 0 unspecified atom stereocenters. The molecule has 26 heavy (non-hydrogen) atoms. The molecule has 6 heteroatoms. The van der Waals surface area contributed by atoms with Crippen molar-refractivity contribution in [1.29, 1.82) is 0 Å². The maximum absolute atomic E-state index is 12.9. The number of piperidine rings is 1. The molecule has 1 amide bonds. The Morgan fingerprint density at radius 2 is 1.81 bits per heavy atom. The number of carbonyl (C=O) groups is 1. The zero-order chi connectivity index (χ0) is 18.7. The van der Waals surface area contributed by atoms with Gasteiger partial charge < -0.3 is 9.64 Å². The molecule has 0 saturated carbocycles. The van der Waals surface area contributed by atoms with Gasteiger partial charge in [-0.05, 0) is 48.2 Å². The first-order chi connectivity index (χ1) is 12.4. The van der Waals surface area contributed by atoms with Crippen LogP contribution in [0.5, 0.6) is 0 Å². The molecule has 1 aliphatic heterocycles. The number of halogens is 3. The van der Waals surface area contributed by atoms with Crippen molar-refractivity contribution >= 4 is 5.91 Å². The molecule has 0 bridgehead atoms. The lowest BCUT2D eigenvalue weighted by Gasteiger charge is -2.32. The quantitative estimate of drug-likeness (QED) is 0.796. The Balaban J connectivity index is 1.86. The second-order valence-corrected chi connectivity index (χ2v) is 6.41. The van der Waals surface area contributed by atoms with Gasteiger partial charge in [-0.1, -0.05) is 24.3 Å². The van der Waals surface area contributed by atoms with Crippen LogP contribution in [-0.2, 0) is 10.9 Å². The standard InChI is InChI=1S/C20H20F3NO2/c1-26-18-9-4-10-24(13-18)19(25)16-7-2-5-14(11-16)15-6-3-8-17(12-15)20(21,22)23/h2-3,5-8,11-12,18H,4,9-10,13H2,1H3/t18-/m1/s1. The van der Waals surface area contributed by atoms with Crippen molar-refractivity contribution in [1.82, 2.24) is 4.90 Å². The number of methoxy groups -OCH3 is 1. The highest BCUT2D eigenvalue weighted by Gasteiger charge is 2.30. The van der Waals surface area contributed by atoms with Gasteiger partial charge in [0.2, 0.25) is 0 Å². The van der Waals surface area contributed by atoms with Crippen molar-refractivity contribution < 1.29 is 22.7 Å². The van der Waals surface area contributed by atoms with E-state index >= 15 is 0 Å². The van der Waals surface area contributed by atoms with Crippen molar-refractivity contribution in [3.8, 4) is 11.1 Å². The molecule has 1 saturated heterocycles. The van der Waals surface area contributed by atoms with Crippen LogP contribution < -0.4 is 0 Å². The molecule has 0 aromatic heterocycles. The van der Waals surface area contributed by atoms with Crippen LogP contribution in [0.15, 0.2) is 48.5 Å². The van der Waals surface area contributed by atoms with E-state index in [1.54, 1.807) is 42.3 Å². The maximum atomic E-state index is 12.9. The highest BCUT2D eigenvalue weighted by Crippen LogP contribution is 2.32. The minimum Gasteiger partial charge on any atom is -0.380 e. The smallest absolute Gasteiger partial charge is 0.380 e. The van der Waals surface area contributed by atoms with E-state index in [9.17, 15) is 18.0 Å². The van der Waals surface area contributed by atoms with E-state index in [4.69, 9.17) is 4.74 Å². The molecule has 2 aromatic rings. The van der Waals surface area contributed by atoms with Crippen molar-refractivity contribution in [3.63, 3.8) is 0 Å². The van der Waals surface area contributed by atoms with E-state index < -0.39 is 11.7 Å². The monoisotopic (exact) mass is 363 g/mol. The first kappa shape index (κ1) is 18.5. The summed E-state index contributed by atoms with van der Waals surface area (Å²) in [7, 11) is 1.63. The van der Waals surface area contributed by atoms with E-state index in [0.717, 1.165) is 25.0 Å². The lowest BCUT2D eigenvalue weighted by atomic mass is 10.00. The summed E-state index contributed by atoms with van der Waals surface area (Å²) in [5.41, 5.74) is 0.785. The van der Waals surface area contributed by atoms with E-state index in [-0.39, 0.29) is 12.0 Å². The number of carbonyl (C=O) groups excluding carboxylic acids is 1. The summed E-state index contributed by atoms with van der Waals surface area (Å²) < 4.78 is 44.1. The molecule has 1 heterocycles. The molecule has 3 nitrogen and oxygen atoms in total. The van der Waals surface area contributed by atoms with Crippen molar-refractivity contribution in [2.45, 2.75) is 25.1 Å². The van der Waals surface area contributed by atoms with E-state index in [1.165, 1.54) is 6.07 Å². The third-order valence-corrected chi connectivity index (χ3v) is 4.63. The SMILES string of the molecule is CO[C@@H]1CCCN(C(=O)c2cccc(-c3cccc(C(F)(F)F)c3)c2)C1. The van der Waals surface area contributed by atoms with Gasteiger partial charge in [0.1, 0.15) is 0 Å². The summed E-state index contributed by atoms with van der Waals surface area (Å²) in [4.78, 5) is 14.5. The lowest BCUT2D eigenvalue weighted by Crippen LogP contribution is -2.42. The zero-order valence-electron chi connectivity index (χ0n) is 14.4. The first-order valence-electron chi connectivity index (χ1n) is 8.48. The van der Waals surface area contributed by atoms with Crippen molar-refractivity contribution in [3.05, 3.63) is 59.7 Å². The van der Waals surface area contributed by atoms with Gasteiger partial charge in [0.25, 0.3) is 5.91 Å². The molecule has 0 spiro atoms. The van der Waals surface area contributed by atoms with Gasteiger partial charge in [0, 0.05) is 25.8 Å². The molecule has 1 aliphatic rings. The number of ether oxygens (including phenoxy) is 1. The van der Waals surface area contributed by atoms with Gasteiger partial charge >= 0.3 is 6.18 Å². The van der Waals surface area contributed by atoms with Crippen LogP contribution in [0.25, 0.3) is 11.1 Å². The summed E-state index contributed by atoms with van der Waals surface area (Å²) in [6, 6.07) is 11.9. The Morgan fingerprint density at radius 1 is 1.12 bits per heavy atom. The third kappa shape index (κ3) is 4.07. The van der Waals surface area contributed by atoms with Crippen LogP contribution in [0.2, 0.25) is 0 Å². The number of benzene rings is 2. The van der Waals surface area contributed by atoms with Crippen LogP contribution in [0, 0.1) is 0 Å². The van der Waals surface area contributed by atoms with Gasteiger partial charge in [0.05, 0.1) is 11.7 Å². The second kappa shape index (κ2) is 7.50. The second-order valence-electron chi connectivity index (χ2n) is 6.41. The average molecular weight is 363 g/mol. The Hall–Kier alpha value is -2.34. The van der Waals surface area contributed by atoms with E-state index in [0.29, 0.717) is 29.8 Å². The Kier molecular flexibility index (Phi) is 5.32. The largest absolute Gasteiger partial charge is 0.416 e. The molecule has 0 N–H and O–H groups in total. The van der Waals surface area contributed by atoms with Gasteiger partial charge in [-0.3, -0.25) is 4.79 Å². The number of nitrogens with zero attached hydrogens (tertiary/aromatic N) is 1. The number of hydrogen-bond acceptors (Lipinski definition) is 2. The molecule has 1 fully saturated rings. The van der Waals surface area contributed by atoms with Crippen molar-refractivity contribution in [2.75, 3.05) is 20.2 Å². The molecule has 1 atom stereocenters. The summed E-state index contributed by atoms with van der Waals surface area (Å²) in [6.45, 7) is 1.19. The molecule has 0 radical (unpaired) electrons. The third-order valence-electron chi connectivity index (χ3n) is 4.63. The molecular formula is C20H20F3NO2. The first-order valence-corrected chi connectivity index (χ1v) is 8.48. The number of amides is 1. The molecule has 138 valence electrons.